The van der Waals surface area contributed by atoms with Crippen molar-refractivity contribution < 1.29 is 22.8 Å². The smallest absolute Gasteiger partial charge is 0.275 e. The molecule has 2 aliphatic rings. The average Bonchev–Trinajstić information content (AvgIpc) is 3.26. The van der Waals surface area contributed by atoms with Crippen LogP contribution in [-0.2, 0) is 19.6 Å². The lowest BCUT2D eigenvalue weighted by molar-refractivity contribution is -0.895. The minimum atomic E-state index is -3.48. The molecule has 3 rings (SSSR count). The number of carbonyl (C=O) groups excluding carboxylic acids is 1. The number of sulfonamides is 1. The summed E-state index contributed by atoms with van der Waals surface area (Å²) in [6.45, 7) is 8.14. The molecule has 0 aromatic heterocycles. The number of nitrogens with one attached hydrogen (secondary N) is 2. The van der Waals surface area contributed by atoms with Crippen molar-refractivity contribution in [1.29, 1.82) is 0 Å². The van der Waals surface area contributed by atoms with Gasteiger partial charge >= 0.3 is 0 Å². The number of piperazine rings is 1. The summed E-state index contributed by atoms with van der Waals surface area (Å²) in [5.41, 5.74) is 1.16. The van der Waals surface area contributed by atoms with E-state index in [2.05, 4.69) is 19.2 Å². The number of rotatable bonds is 8. The highest BCUT2D eigenvalue weighted by Gasteiger charge is 2.31. The minimum absolute atomic E-state index is 0.00689. The van der Waals surface area contributed by atoms with Crippen LogP contribution >= 0.6 is 0 Å². The third-order valence-corrected chi connectivity index (χ3v) is 8.00. The zero-order valence-corrected chi connectivity index (χ0v) is 18.3. The first-order valence-electron chi connectivity index (χ1n) is 10.7. The number of carbonyl (C=O) groups is 1. The van der Waals surface area contributed by atoms with Crippen molar-refractivity contribution in [1.82, 2.24) is 9.62 Å². The number of quaternary nitrogens is 1. The van der Waals surface area contributed by atoms with E-state index in [1.165, 1.54) is 0 Å². The number of benzene rings is 1. The minimum Gasteiger partial charge on any atom is -0.376 e. The zero-order chi connectivity index (χ0) is 20.9. The number of hydrogen-bond acceptors (Lipinski definition) is 4. The third kappa shape index (κ3) is 5.78. The Labute approximate surface area is 174 Å². The molecule has 0 aliphatic carbocycles. The standard InChI is InChI=1S/C21H33N3O4S/c1-3-17(2)18-6-8-20(9-7-18)29(26,27)24-12-10-23(11-13-24)16-21(25)22-15-19-5-4-14-28-19/h6-9,17,19H,3-5,10-16H2,1-2H3,(H,22,25)/p+1/t17-,19+/m0/s1. The lowest BCUT2D eigenvalue weighted by Gasteiger charge is -2.31. The van der Waals surface area contributed by atoms with Crippen LogP contribution in [0, 0.1) is 0 Å². The normalized spacial score (nSPS) is 22.5. The average molecular weight is 425 g/mol. The van der Waals surface area contributed by atoms with Crippen LogP contribution in [0.4, 0.5) is 0 Å². The molecule has 29 heavy (non-hydrogen) atoms. The molecule has 0 bridgehead atoms. The second-order valence-electron chi connectivity index (χ2n) is 8.15. The van der Waals surface area contributed by atoms with Gasteiger partial charge in [-0.3, -0.25) is 4.79 Å². The molecule has 2 heterocycles. The van der Waals surface area contributed by atoms with E-state index in [1.54, 1.807) is 16.4 Å². The predicted molar refractivity (Wildman–Crippen MR) is 111 cm³/mol. The van der Waals surface area contributed by atoms with E-state index in [9.17, 15) is 13.2 Å². The van der Waals surface area contributed by atoms with E-state index in [4.69, 9.17) is 4.74 Å². The van der Waals surface area contributed by atoms with Crippen LogP contribution in [0.15, 0.2) is 29.2 Å². The van der Waals surface area contributed by atoms with Gasteiger partial charge in [0.1, 0.15) is 0 Å². The summed E-state index contributed by atoms with van der Waals surface area (Å²) < 4.78 is 32.9. The molecule has 7 nitrogen and oxygen atoms in total. The predicted octanol–water partition coefficient (Wildman–Crippen LogP) is 0.385. The molecule has 0 spiro atoms. The van der Waals surface area contributed by atoms with Crippen molar-refractivity contribution in [2.75, 3.05) is 45.9 Å². The maximum atomic E-state index is 12.9. The number of amides is 1. The number of nitrogens with zero attached hydrogens (tertiary/aromatic N) is 1. The molecule has 2 saturated heterocycles. The van der Waals surface area contributed by atoms with Gasteiger partial charge in [0, 0.05) is 13.2 Å². The Kier molecular flexibility index (Phi) is 7.67. The number of ether oxygens (including phenoxy) is 1. The van der Waals surface area contributed by atoms with Gasteiger partial charge < -0.3 is 15.0 Å². The van der Waals surface area contributed by atoms with Crippen molar-refractivity contribution >= 4 is 15.9 Å². The molecule has 0 saturated carbocycles. The Morgan fingerprint density at radius 3 is 2.55 bits per heavy atom. The van der Waals surface area contributed by atoms with Gasteiger partial charge in [-0.25, -0.2) is 8.42 Å². The molecular weight excluding hydrogens is 390 g/mol. The monoisotopic (exact) mass is 424 g/mol. The van der Waals surface area contributed by atoms with Crippen LogP contribution in [-0.4, -0.2) is 70.6 Å². The van der Waals surface area contributed by atoms with Crippen LogP contribution in [0.2, 0.25) is 0 Å². The molecule has 1 aromatic rings. The largest absolute Gasteiger partial charge is 0.376 e. The van der Waals surface area contributed by atoms with E-state index >= 15 is 0 Å². The molecule has 0 radical (unpaired) electrons. The highest BCUT2D eigenvalue weighted by molar-refractivity contribution is 7.89. The van der Waals surface area contributed by atoms with Gasteiger partial charge in [-0.2, -0.15) is 4.31 Å². The van der Waals surface area contributed by atoms with Gasteiger partial charge in [-0.05, 0) is 42.9 Å². The molecule has 2 N–H and O–H groups in total. The first-order chi connectivity index (χ1) is 13.9. The summed E-state index contributed by atoms with van der Waals surface area (Å²) in [5, 5.41) is 2.94. The van der Waals surface area contributed by atoms with E-state index in [0.717, 1.165) is 36.3 Å². The van der Waals surface area contributed by atoms with E-state index in [1.807, 2.05) is 12.1 Å². The van der Waals surface area contributed by atoms with Crippen LogP contribution in [0.1, 0.15) is 44.6 Å². The maximum absolute atomic E-state index is 12.9. The first kappa shape index (κ1) is 22.2. The Morgan fingerprint density at radius 2 is 1.97 bits per heavy atom. The fourth-order valence-corrected chi connectivity index (χ4v) is 5.34. The lowest BCUT2D eigenvalue weighted by Crippen LogP contribution is -3.15. The van der Waals surface area contributed by atoms with Gasteiger partial charge in [0.15, 0.2) is 6.54 Å². The highest BCUT2D eigenvalue weighted by Crippen LogP contribution is 2.22. The second kappa shape index (κ2) is 10.0. The Morgan fingerprint density at radius 1 is 1.28 bits per heavy atom. The second-order valence-corrected chi connectivity index (χ2v) is 10.1. The molecule has 1 aromatic carbocycles. The third-order valence-electron chi connectivity index (χ3n) is 6.09. The summed E-state index contributed by atoms with van der Waals surface area (Å²) in [5.74, 6) is 0.428. The fourth-order valence-electron chi connectivity index (χ4n) is 3.90. The number of hydrogen-bond donors (Lipinski definition) is 2. The van der Waals surface area contributed by atoms with Crippen molar-refractivity contribution in [3.63, 3.8) is 0 Å². The quantitative estimate of drug-likeness (QED) is 0.633. The highest BCUT2D eigenvalue weighted by atomic mass is 32.2. The molecule has 162 valence electrons. The SMILES string of the molecule is CC[C@H](C)c1ccc(S(=O)(=O)N2CC[NH+](CC(=O)NC[C@H]3CCCO3)CC2)cc1. The summed E-state index contributed by atoms with van der Waals surface area (Å²) in [6.07, 6.45) is 3.23. The van der Waals surface area contributed by atoms with Crippen LogP contribution in [0.5, 0.6) is 0 Å². The zero-order valence-electron chi connectivity index (χ0n) is 17.5. The molecule has 0 unspecified atom stereocenters. The van der Waals surface area contributed by atoms with Crippen molar-refractivity contribution in [2.45, 2.75) is 50.0 Å². The maximum Gasteiger partial charge on any atom is 0.275 e. The first-order valence-corrected chi connectivity index (χ1v) is 12.2. The van der Waals surface area contributed by atoms with Crippen LogP contribution in [0.3, 0.4) is 0 Å². The topological polar surface area (TPSA) is 80.2 Å². The Bertz CT molecular complexity index is 768. The molecule has 2 fully saturated rings. The molecule has 2 atom stereocenters. The van der Waals surface area contributed by atoms with Gasteiger partial charge in [0.05, 0.1) is 37.2 Å². The van der Waals surface area contributed by atoms with E-state index < -0.39 is 10.0 Å². The van der Waals surface area contributed by atoms with Crippen LogP contribution < -0.4 is 10.2 Å². The lowest BCUT2D eigenvalue weighted by atomic mass is 9.99. The Hall–Kier alpha value is -1.48. The van der Waals surface area contributed by atoms with Gasteiger partial charge in [-0.15, -0.1) is 0 Å². The van der Waals surface area contributed by atoms with Crippen LogP contribution in [0.25, 0.3) is 0 Å². The summed E-state index contributed by atoms with van der Waals surface area (Å²) in [7, 11) is -3.48. The van der Waals surface area contributed by atoms with Crippen molar-refractivity contribution in [3.8, 4) is 0 Å². The molecule has 2 aliphatic heterocycles. The van der Waals surface area contributed by atoms with E-state index in [-0.39, 0.29) is 12.0 Å². The summed E-state index contributed by atoms with van der Waals surface area (Å²) in [6, 6.07) is 7.27. The van der Waals surface area contributed by atoms with Crippen molar-refractivity contribution in [2.24, 2.45) is 0 Å². The molecule has 8 heteroatoms. The van der Waals surface area contributed by atoms with Crippen molar-refractivity contribution in [3.05, 3.63) is 29.8 Å². The van der Waals surface area contributed by atoms with Gasteiger partial charge in [0.25, 0.3) is 5.91 Å². The Balaban J connectivity index is 1.48. The van der Waals surface area contributed by atoms with E-state index in [0.29, 0.717) is 50.1 Å². The van der Waals surface area contributed by atoms with Gasteiger partial charge in [0.2, 0.25) is 10.0 Å². The molecular formula is C21H34N3O4S+. The fraction of sp³-hybridized carbons (Fsp3) is 0.667. The summed E-state index contributed by atoms with van der Waals surface area (Å²) >= 11 is 0. The van der Waals surface area contributed by atoms with Gasteiger partial charge in [-0.1, -0.05) is 26.0 Å². The summed E-state index contributed by atoms with van der Waals surface area (Å²) in [4.78, 5) is 13.6. The molecule has 1 amide bonds.